The Balaban J connectivity index is 1.97. The molecule has 1 atom stereocenters. The smallest absolute Gasteiger partial charge is 0.342 e. The second-order valence-electron chi connectivity index (χ2n) is 5.49. The van der Waals surface area contributed by atoms with Gasteiger partial charge in [0.25, 0.3) is 5.91 Å². The highest BCUT2D eigenvalue weighted by atomic mass is 35.5. The van der Waals surface area contributed by atoms with Crippen molar-refractivity contribution >= 4 is 40.8 Å². The molecule has 26 heavy (non-hydrogen) atoms. The van der Waals surface area contributed by atoms with E-state index in [0.717, 1.165) is 5.56 Å². The highest BCUT2D eigenvalue weighted by molar-refractivity contribution is 6.33. The molecule has 2 aromatic rings. The number of ether oxygens (including phenoxy) is 2. The van der Waals surface area contributed by atoms with Gasteiger partial charge in [-0.3, -0.25) is 4.79 Å². The summed E-state index contributed by atoms with van der Waals surface area (Å²) in [5.74, 6) is -0.981. The van der Waals surface area contributed by atoms with Gasteiger partial charge in [0.1, 0.15) is 11.3 Å². The Labute approximate surface area is 161 Å². The van der Waals surface area contributed by atoms with Crippen molar-refractivity contribution in [3.63, 3.8) is 0 Å². The molecule has 0 aliphatic heterocycles. The standard InChI is InChI=1S/C18H18Cl2N2O4/c1-10(11-4-3-5-12(19)6-11)22-17(23)9-26-18(24)13-7-14(20)15(21)8-16(13)25-2/h3-8,10H,9,21H2,1-2H3,(H,22,23)/t10-/m0/s1. The molecule has 1 amide bonds. The maximum absolute atomic E-state index is 12.2. The van der Waals surface area contributed by atoms with Crippen LogP contribution in [0.5, 0.6) is 5.75 Å². The average molecular weight is 397 g/mol. The van der Waals surface area contributed by atoms with Gasteiger partial charge in [-0.15, -0.1) is 0 Å². The van der Waals surface area contributed by atoms with Crippen LogP contribution in [-0.4, -0.2) is 25.6 Å². The van der Waals surface area contributed by atoms with Crippen molar-refractivity contribution in [2.45, 2.75) is 13.0 Å². The Morgan fingerprint density at radius 3 is 2.62 bits per heavy atom. The van der Waals surface area contributed by atoms with Crippen molar-refractivity contribution < 1.29 is 19.1 Å². The fourth-order valence-corrected chi connectivity index (χ4v) is 2.61. The number of rotatable bonds is 6. The van der Waals surface area contributed by atoms with Crippen molar-refractivity contribution in [1.29, 1.82) is 0 Å². The lowest BCUT2D eigenvalue weighted by Gasteiger charge is -2.15. The summed E-state index contributed by atoms with van der Waals surface area (Å²) in [6.45, 7) is 1.35. The Bertz CT molecular complexity index is 827. The van der Waals surface area contributed by atoms with Crippen LogP contribution in [0.1, 0.15) is 28.9 Å². The minimum atomic E-state index is -0.741. The van der Waals surface area contributed by atoms with Crippen LogP contribution in [0, 0.1) is 0 Å². The number of carbonyl (C=O) groups excluding carboxylic acids is 2. The maximum atomic E-state index is 12.2. The lowest BCUT2D eigenvalue weighted by molar-refractivity contribution is -0.124. The first-order valence-corrected chi connectivity index (χ1v) is 8.42. The molecule has 0 aromatic heterocycles. The molecular weight excluding hydrogens is 379 g/mol. The minimum absolute atomic E-state index is 0.0855. The van der Waals surface area contributed by atoms with E-state index in [2.05, 4.69) is 5.32 Å². The van der Waals surface area contributed by atoms with E-state index in [4.69, 9.17) is 38.4 Å². The minimum Gasteiger partial charge on any atom is -0.496 e. The number of hydrogen-bond acceptors (Lipinski definition) is 5. The lowest BCUT2D eigenvalue weighted by Crippen LogP contribution is -2.31. The number of benzene rings is 2. The average Bonchev–Trinajstić information content (AvgIpc) is 2.61. The van der Waals surface area contributed by atoms with Crippen molar-refractivity contribution in [2.24, 2.45) is 0 Å². The Hall–Kier alpha value is -2.44. The van der Waals surface area contributed by atoms with Crippen LogP contribution in [0.2, 0.25) is 10.0 Å². The molecule has 0 aliphatic rings. The molecule has 0 saturated carbocycles. The summed E-state index contributed by atoms with van der Waals surface area (Å²) in [6.07, 6.45) is 0. The third-order valence-corrected chi connectivity index (χ3v) is 4.16. The Kier molecular flexibility index (Phi) is 6.71. The van der Waals surface area contributed by atoms with Crippen LogP contribution in [-0.2, 0) is 9.53 Å². The van der Waals surface area contributed by atoms with Crippen molar-refractivity contribution in [3.8, 4) is 5.75 Å². The third-order valence-electron chi connectivity index (χ3n) is 3.60. The van der Waals surface area contributed by atoms with E-state index < -0.39 is 18.5 Å². The normalized spacial score (nSPS) is 11.5. The van der Waals surface area contributed by atoms with Crippen LogP contribution >= 0.6 is 23.2 Å². The van der Waals surface area contributed by atoms with Gasteiger partial charge < -0.3 is 20.5 Å². The van der Waals surface area contributed by atoms with E-state index in [9.17, 15) is 9.59 Å². The molecule has 0 fully saturated rings. The van der Waals surface area contributed by atoms with Crippen LogP contribution in [0.4, 0.5) is 5.69 Å². The van der Waals surface area contributed by atoms with Crippen molar-refractivity contribution in [1.82, 2.24) is 5.32 Å². The van der Waals surface area contributed by atoms with E-state index in [1.807, 2.05) is 6.07 Å². The van der Waals surface area contributed by atoms with Gasteiger partial charge in [-0.1, -0.05) is 35.3 Å². The zero-order chi connectivity index (χ0) is 19.3. The van der Waals surface area contributed by atoms with Gasteiger partial charge in [-0.05, 0) is 30.7 Å². The van der Waals surface area contributed by atoms with Crippen LogP contribution in [0.25, 0.3) is 0 Å². The lowest BCUT2D eigenvalue weighted by atomic mass is 10.1. The van der Waals surface area contributed by atoms with E-state index in [-0.39, 0.29) is 28.1 Å². The summed E-state index contributed by atoms with van der Waals surface area (Å²) < 4.78 is 10.1. The summed E-state index contributed by atoms with van der Waals surface area (Å²) in [4.78, 5) is 24.2. The number of carbonyl (C=O) groups is 2. The zero-order valence-corrected chi connectivity index (χ0v) is 15.7. The predicted octanol–water partition coefficient (Wildman–Crippen LogP) is 3.62. The fraction of sp³-hybridized carbons (Fsp3) is 0.222. The summed E-state index contributed by atoms with van der Waals surface area (Å²) in [5, 5.41) is 3.49. The zero-order valence-electron chi connectivity index (χ0n) is 14.2. The first-order chi connectivity index (χ1) is 12.3. The summed E-state index contributed by atoms with van der Waals surface area (Å²) in [5.41, 5.74) is 6.86. The molecular formula is C18H18Cl2N2O4. The fourth-order valence-electron chi connectivity index (χ4n) is 2.25. The molecule has 0 unspecified atom stereocenters. The van der Waals surface area contributed by atoms with Gasteiger partial charge in [0.05, 0.1) is 23.9 Å². The number of anilines is 1. The summed E-state index contributed by atoms with van der Waals surface area (Å²) in [7, 11) is 1.39. The molecule has 0 spiro atoms. The van der Waals surface area contributed by atoms with Crippen LogP contribution in [0.3, 0.4) is 0 Å². The number of nitrogens with two attached hydrogens (primary N) is 1. The van der Waals surface area contributed by atoms with Crippen molar-refractivity contribution in [3.05, 3.63) is 57.6 Å². The first kappa shape index (κ1) is 19.9. The molecule has 3 N–H and O–H groups in total. The molecule has 0 radical (unpaired) electrons. The highest BCUT2D eigenvalue weighted by Gasteiger charge is 2.18. The molecule has 6 nitrogen and oxygen atoms in total. The summed E-state index contributed by atoms with van der Waals surface area (Å²) >= 11 is 11.9. The monoisotopic (exact) mass is 396 g/mol. The highest BCUT2D eigenvalue weighted by Crippen LogP contribution is 2.29. The predicted molar refractivity (Wildman–Crippen MR) is 101 cm³/mol. The Morgan fingerprint density at radius 2 is 1.96 bits per heavy atom. The van der Waals surface area contributed by atoms with E-state index in [1.165, 1.54) is 19.2 Å². The number of amides is 1. The van der Waals surface area contributed by atoms with Gasteiger partial charge in [0, 0.05) is 11.1 Å². The number of nitrogen functional groups attached to an aromatic ring is 1. The number of halogens is 2. The number of methoxy groups -OCH3 is 1. The van der Waals surface area contributed by atoms with E-state index in [1.54, 1.807) is 25.1 Å². The van der Waals surface area contributed by atoms with Gasteiger partial charge >= 0.3 is 5.97 Å². The Morgan fingerprint density at radius 1 is 1.23 bits per heavy atom. The molecule has 2 aromatic carbocycles. The quantitative estimate of drug-likeness (QED) is 0.574. The van der Waals surface area contributed by atoms with E-state index >= 15 is 0 Å². The molecule has 2 rings (SSSR count). The number of nitrogens with one attached hydrogen (secondary N) is 1. The van der Waals surface area contributed by atoms with Gasteiger partial charge in [0.15, 0.2) is 6.61 Å². The molecule has 0 bridgehead atoms. The molecule has 138 valence electrons. The second kappa shape index (κ2) is 8.78. The topological polar surface area (TPSA) is 90.7 Å². The number of hydrogen-bond donors (Lipinski definition) is 2. The van der Waals surface area contributed by atoms with Gasteiger partial charge in [0.2, 0.25) is 0 Å². The first-order valence-electron chi connectivity index (χ1n) is 7.66. The molecule has 8 heteroatoms. The number of esters is 1. The molecule has 0 aliphatic carbocycles. The van der Waals surface area contributed by atoms with Crippen LogP contribution < -0.4 is 15.8 Å². The van der Waals surface area contributed by atoms with Crippen LogP contribution in [0.15, 0.2) is 36.4 Å². The second-order valence-corrected chi connectivity index (χ2v) is 6.34. The van der Waals surface area contributed by atoms with E-state index in [0.29, 0.717) is 5.02 Å². The van der Waals surface area contributed by atoms with Crippen molar-refractivity contribution in [2.75, 3.05) is 19.5 Å². The van der Waals surface area contributed by atoms with Gasteiger partial charge in [-0.2, -0.15) is 0 Å². The van der Waals surface area contributed by atoms with Gasteiger partial charge in [-0.25, -0.2) is 4.79 Å². The largest absolute Gasteiger partial charge is 0.496 e. The third kappa shape index (κ3) is 5.03. The SMILES string of the molecule is COc1cc(N)c(Cl)cc1C(=O)OCC(=O)N[C@@H](C)c1cccc(Cl)c1. The maximum Gasteiger partial charge on any atom is 0.342 e. The summed E-state index contributed by atoms with van der Waals surface area (Å²) in [6, 6.07) is 9.58. The molecule has 0 saturated heterocycles. The molecule has 0 heterocycles.